The Labute approximate surface area is 181 Å². The van der Waals surface area contributed by atoms with Crippen LogP contribution in [0.2, 0.25) is 0 Å². The van der Waals surface area contributed by atoms with Crippen molar-refractivity contribution in [1.29, 1.82) is 0 Å². The summed E-state index contributed by atoms with van der Waals surface area (Å²) in [6, 6.07) is 4.32. The second-order valence-electron chi connectivity index (χ2n) is 6.74. The predicted molar refractivity (Wildman–Crippen MR) is 121 cm³/mol. The smallest absolute Gasteiger partial charge is 0.194 e. The third-order valence-electron chi connectivity index (χ3n) is 5.04. The second kappa shape index (κ2) is 9.72. The first kappa shape index (κ1) is 20.4. The number of halogens is 1. The van der Waals surface area contributed by atoms with Gasteiger partial charge in [-0.3, -0.25) is 0 Å². The number of hydrogen-bond acceptors (Lipinski definition) is 5. The van der Waals surface area contributed by atoms with E-state index < -0.39 is 0 Å². The van der Waals surface area contributed by atoms with Crippen LogP contribution in [0.1, 0.15) is 31.4 Å². The van der Waals surface area contributed by atoms with Gasteiger partial charge in [0, 0.05) is 45.7 Å². The Hall–Kier alpha value is -1.36. The number of guanidine groups is 1. The molecule has 4 rings (SSSR count). The third-order valence-corrected chi connectivity index (χ3v) is 5.97. The average molecular weight is 501 g/mol. The van der Waals surface area contributed by atoms with Gasteiger partial charge in [-0.25, -0.2) is 4.99 Å². The van der Waals surface area contributed by atoms with Crippen LogP contribution in [-0.2, 0) is 19.5 Å². The van der Waals surface area contributed by atoms with E-state index in [2.05, 4.69) is 54.3 Å². The summed E-state index contributed by atoms with van der Waals surface area (Å²) in [4.78, 5) is 9.69. The number of aromatic nitrogens is 3. The van der Waals surface area contributed by atoms with Gasteiger partial charge in [-0.05, 0) is 37.3 Å². The predicted octanol–water partition coefficient (Wildman–Crippen LogP) is 2.58. The molecule has 1 fully saturated rings. The van der Waals surface area contributed by atoms with Gasteiger partial charge in [0.15, 0.2) is 11.8 Å². The first-order valence-corrected chi connectivity index (χ1v) is 10.5. The molecule has 27 heavy (non-hydrogen) atoms. The Morgan fingerprint density at radius 1 is 1.19 bits per heavy atom. The molecule has 0 radical (unpaired) electrons. The summed E-state index contributed by atoms with van der Waals surface area (Å²) in [5.74, 6) is 3.11. The molecule has 1 saturated heterocycles. The van der Waals surface area contributed by atoms with Gasteiger partial charge in [-0.1, -0.05) is 0 Å². The van der Waals surface area contributed by atoms with Gasteiger partial charge in [0.05, 0.1) is 5.00 Å². The fourth-order valence-electron chi connectivity index (χ4n) is 3.65. The van der Waals surface area contributed by atoms with Crippen LogP contribution in [0.25, 0.3) is 0 Å². The fraction of sp³-hybridized carbons (Fsp3) is 0.611. The molecule has 4 heterocycles. The summed E-state index contributed by atoms with van der Waals surface area (Å²) in [6.45, 7) is 8.67. The van der Waals surface area contributed by atoms with E-state index in [4.69, 9.17) is 4.99 Å². The molecule has 7 nitrogen and oxygen atoms in total. The molecule has 1 N–H and O–H groups in total. The SMILES string of the molecule is CCNC(=NCc1nnc2n1CCCC2)N1CCN(c2cccs2)CC1.I. The van der Waals surface area contributed by atoms with Crippen LogP contribution in [0, 0.1) is 0 Å². The lowest BCUT2D eigenvalue weighted by Gasteiger charge is -2.37. The van der Waals surface area contributed by atoms with Gasteiger partial charge >= 0.3 is 0 Å². The third kappa shape index (κ3) is 4.74. The molecule has 2 aliphatic rings. The number of nitrogens with one attached hydrogen (secondary N) is 1. The van der Waals surface area contributed by atoms with Gasteiger partial charge in [0.1, 0.15) is 12.4 Å². The molecule has 0 saturated carbocycles. The van der Waals surface area contributed by atoms with E-state index in [0.717, 1.165) is 63.3 Å². The number of fused-ring (bicyclic) bond motifs is 1. The Bertz CT molecular complexity index is 735. The number of nitrogens with zero attached hydrogens (tertiary/aromatic N) is 6. The van der Waals surface area contributed by atoms with E-state index in [-0.39, 0.29) is 24.0 Å². The van der Waals surface area contributed by atoms with Crippen LogP contribution in [0.15, 0.2) is 22.5 Å². The standard InChI is InChI=1S/C18H27N7S.HI/c1-2-19-18(20-14-16-22-21-15-6-3-4-8-25(15)16)24-11-9-23(10-12-24)17-7-5-13-26-17;/h5,7,13H,2-4,6,8-12,14H2,1H3,(H,19,20);1H. The minimum absolute atomic E-state index is 0. The summed E-state index contributed by atoms with van der Waals surface area (Å²) in [7, 11) is 0. The first-order valence-electron chi connectivity index (χ1n) is 9.58. The van der Waals surface area contributed by atoms with Gasteiger partial charge < -0.3 is 19.7 Å². The first-order chi connectivity index (χ1) is 12.8. The number of rotatable bonds is 4. The summed E-state index contributed by atoms with van der Waals surface area (Å²) < 4.78 is 2.26. The highest BCUT2D eigenvalue weighted by molar-refractivity contribution is 14.0. The van der Waals surface area contributed by atoms with Crippen LogP contribution in [0.3, 0.4) is 0 Å². The molecule has 0 aliphatic carbocycles. The van der Waals surface area contributed by atoms with E-state index in [0.29, 0.717) is 6.54 Å². The van der Waals surface area contributed by atoms with Crippen LogP contribution in [0.4, 0.5) is 5.00 Å². The van der Waals surface area contributed by atoms with Crippen molar-refractivity contribution in [2.45, 2.75) is 39.3 Å². The van der Waals surface area contributed by atoms with Gasteiger partial charge in [-0.2, -0.15) is 0 Å². The van der Waals surface area contributed by atoms with Crippen molar-refractivity contribution in [3.8, 4) is 0 Å². The number of aryl methyl sites for hydroxylation is 1. The van der Waals surface area contributed by atoms with Gasteiger partial charge in [-0.15, -0.1) is 45.5 Å². The lowest BCUT2D eigenvalue weighted by Crippen LogP contribution is -2.52. The molecular weight excluding hydrogens is 473 g/mol. The molecule has 148 valence electrons. The normalized spacial score (nSPS) is 17.4. The van der Waals surface area contributed by atoms with E-state index >= 15 is 0 Å². The van der Waals surface area contributed by atoms with Crippen molar-refractivity contribution in [1.82, 2.24) is 25.0 Å². The van der Waals surface area contributed by atoms with Crippen molar-refractivity contribution in [2.24, 2.45) is 4.99 Å². The minimum atomic E-state index is 0. The van der Waals surface area contributed by atoms with Crippen molar-refractivity contribution < 1.29 is 0 Å². The van der Waals surface area contributed by atoms with E-state index in [9.17, 15) is 0 Å². The molecule has 2 aliphatic heterocycles. The number of thiophene rings is 1. The van der Waals surface area contributed by atoms with Crippen LogP contribution in [0.5, 0.6) is 0 Å². The average Bonchev–Trinajstić information content (AvgIpc) is 3.36. The minimum Gasteiger partial charge on any atom is -0.360 e. The maximum absolute atomic E-state index is 4.87. The van der Waals surface area contributed by atoms with Crippen molar-refractivity contribution in [3.05, 3.63) is 29.2 Å². The maximum Gasteiger partial charge on any atom is 0.194 e. The number of piperazine rings is 1. The molecule has 0 bridgehead atoms. The Balaban J connectivity index is 0.00000210. The zero-order valence-electron chi connectivity index (χ0n) is 15.8. The summed E-state index contributed by atoms with van der Waals surface area (Å²) in [5, 5.41) is 15.7. The molecule has 0 aromatic carbocycles. The number of anilines is 1. The quantitative estimate of drug-likeness (QED) is 0.397. The lowest BCUT2D eigenvalue weighted by molar-refractivity contribution is 0.373. The van der Waals surface area contributed by atoms with E-state index in [1.54, 1.807) is 0 Å². The highest BCUT2D eigenvalue weighted by Crippen LogP contribution is 2.22. The molecule has 2 aromatic heterocycles. The van der Waals surface area contributed by atoms with Crippen molar-refractivity contribution in [2.75, 3.05) is 37.6 Å². The molecular formula is C18H28IN7S. The molecule has 9 heteroatoms. The number of hydrogen-bond donors (Lipinski definition) is 1. The van der Waals surface area contributed by atoms with Crippen LogP contribution in [-0.4, -0.2) is 58.3 Å². The van der Waals surface area contributed by atoms with Crippen LogP contribution >= 0.6 is 35.3 Å². The summed E-state index contributed by atoms with van der Waals surface area (Å²) in [6.07, 6.45) is 3.48. The Kier molecular flexibility index (Phi) is 7.33. The monoisotopic (exact) mass is 501 g/mol. The zero-order chi connectivity index (χ0) is 17.8. The van der Waals surface area contributed by atoms with Gasteiger partial charge in [0.25, 0.3) is 0 Å². The highest BCUT2D eigenvalue weighted by atomic mass is 127. The zero-order valence-corrected chi connectivity index (χ0v) is 18.9. The molecule has 0 spiro atoms. The fourth-order valence-corrected chi connectivity index (χ4v) is 4.43. The largest absolute Gasteiger partial charge is 0.360 e. The maximum atomic E-state index is 4.87. The van der Waals surface area contributed by atoms with E-state index in [1.807, 2.05) is 11.3 Å². The van der Waals surface area contributed by atoms with Crippen LogP contribution < -0.4 is 10.2 Å². The van der Waals surface area contributed by atoms with Gasteiger partial charge in [0.2, 0.25) is 0 Å². The highest BCUT2D eigenvalue weighted by Gasteiger charge is 2.21. The van der Waals surface area contributed by atoms with E-state index in [1.165, 1.54) is 17.8 Å². The molecule has 2 aromatic rings. The second-order valence-corrected chi connectivity index (χ2v) is 7.66. The molecule has 0 atom stereocenters. The van der Waals surface area contributed by atoms with Crippen molar-refractivity contribution in [3.63, 3.8) is 0 Å². The molecule has 0 amide bonds. The Morgan fingerprint density at radius 2 is 2.04 bits per heavy atom. The molecule has 0 unspecified atom stereocenters. The summed E-state index contributed by atoms with van der Waals surface area (Å²) in [5.41, 5.74) is 0. The number of aliphatic imine (C=N–C) groups is 1. The topological polar surface area (TPSA) is 61.6 Å². The Morgan fingerprint density at radius 3 is 2.78 bits per heavy atom. The van der Waals surface area contributed by atoms with Crippen molar-refractivity contribution >= 4 is 46.3 Å². The lowest BCUT2D eigenvalue weighted by atomic mass is 10.2. The summed E-state index contributed by atoms with van der Waals surface area (Å²) >= 11 is 1.81.